The minimum absolute atomic E-state index is 0.257. The van der Waals surface area contributed by atoms with Crippen LogP contribution in [0.3, 0.4) is 0 Å². The fourth-order valence-corrected chi connectivity index (χ4v) is 3.78. The number of anilines is 2. The average Bonchev–Trinajstić information content (AvgIpc) is 2.91. The van der Waals surface area contributed by atoms with Gasteiger partial charge in [0.25, 0.3) is 0 Å². The highest BCUT2D eigenvalue weighted by Crippen LogP contribution is 2.27. The van der Waals surface area contributed by atoms with E-state index in [1.807, 2.05) is 37.3 Å². The van der Waals surface area contributed by atoms with Gasteiger partial charge < -0.3 is 21.0 Å². The highest BCUT2D eigenvalue weighted by molar-refractivity contribution is 7.75. The number of halogens is 1. The van der Waals surface area contributed by atoms with Crippen molar-refractivity contribution in [3.05, 3.63) is 95.1 Å². The zero-order valence-electron chi connectivity index (χ0n) is 21.2. The van der Waals surface area contributed by atoms with E-state index in [4.69, 9.17) is 20.6 Å². The number of rotatable bonds is 12. The number of hydrogen-bond donors (Lipinski definition) is 4. The van der Waals surface area contributed by atoms with Crippen LogP contribution in [-0.4, -0.2) is 28.8 Å². The monoisotopic (exact) mass is 520 g/mol. The molecule has 5 N–H and O–H groups in total. The summed E-state index contributed by atoms with van der Waals surface area (Å²) in [6.07, 6.45) is 5.00. The maximum Gasteiger partial charge on any atom is 0.153 e. The highest BCUT2D eigenvalue weighted by Gasteiger charge is 2.14. The van der Waals surface area contributed by atoms with E-state index < -0.39 is 0 Å². The lowest BCUT2D eigenvalue weighted by molar-refractivity contribution is 0.375. The predicted octanol–water partition coefficient (Wildman–Crippen LogP) is 5.58. The van der Waals surface area contributed by atoms with E-state index in [2.05, 4.69) is 34.8 Å². The first-order valence-corrected chi connectivity index (χ1v) is 12.3. The van der Waals surface area contributed by atoms with Gasteiger partial charge in [0.2, 0.25) is 0 Å². The Morgan fingerprint density at radius 1 is 1.22 bits per heavy atom. The number of benzene rings is 2. The van der Waals surface area contributed by atoms with Crippen molar-refractivity contribution in [1.29, 1.82) is 0 Å². The van der Waals surface area contributed by atoms with Crippen LogP contribution in [0.1, 0.15) is 47.7 Å². The third-order valence-electron chi connectivity index (χ3n) is 5.80. The normalized spacial score (nSPS) is 12.0. The number of allylic oxidation sites excluding steroid dienone is 1. The molecular weight excluding hydrogens is 487 g/mol. The van der Waals surface area contributed by atoms with Crippen molar-refractivity contribution < 1.29 is 8.57 Å². The van der Waals surface area contributed by atoms with Crippen molar-refractivity contribution in [2.45, 2.75) is 33.2 Å². The molecule has 37 heavy (non-hydrogen) atoms. The van der Waals surface area contributed by atoms with Crippen LogP contribution in [0.25, 0.3) is 11.3 Å². The summed E-state index contributed by atoms with van der Waals surface area (Å²) in [7, 11) is 0. The second-order valence-electron chi connectivity index (χ2n) is 8.48. The number of hydrogen-bond acceptors (Lipinski definition) is 8. The second kappa shape index (κ2) is 13.7. The zero-order valence-corrected chi connectivity index (χ0v) is 22.1. The first-order valence-electron chi connectivity index (χ1n) is 12.0. The molecule has 9 heteroatoms. The van der Waals surface area contributed by atoms with E-state index in [0.717, 1.165) is 35.4 Å². The molecule has 1 heterocycles. The molecule has 7 nitrogen and oxygen atoms in total. The quantitative estimate of drug-likeness (QED) is 0.107. The molecule has 0 aliphatic carbocycles. The minimum Gasteiger partial charge on any atom is -0.382 e. The lowest BCUT2D eigenvalue weighted by Gasteiger charge is -2.14. The summed E-state index contributed by atoms with van der Waals surface area (Å²) >= 11 is 3.77. The number of aromatic nitrogens is 2. The van der Waals surface area contributed by atoms with Gasteiger partial charge in [-0.2, -0.15) is 0 Å². The van der Waals surface area contributed by atoms with E-state index in [9.17, 15) is 4.39 Å². The number of aliphatic imine (C=N–C) groups is 1. The second-order valence-corrected chi connectivity index (χ2v) is 8.74. The molecule has 0 atom stereocenters. The molecule has 1 aromatic heterocycles. The van der Waals surface area contributed by atoms with Crippen molar-refractivity contribution >= 4 is 41.5 Å². The van der Waals surface area contributed by atoms with Crippen LogP contribution in [0, 0.1) is 12.7 Å². The van der Waals surface area contributed by atoms with E-state index in [1.54, 1.807) is 19.1 Å². The number of aryl methyl sites for hydroxylation is 1. The summed E-state index contributed by atoms with van der Waals surface area (Å²) in [6.45, 7) is 9.20. The summed E-state index contributed by atoms with van der Waals surface area (Å²) < 4.78 is 19.0. The van der Waals surface area contributed by atoms with Gasteiger partial charge in [-0.1, -0.05) is 49.1 Å². The Kier molecular flexibility index (Phi) is 10.4. The molecule has 194 valence electrons. The topological polar surface area (TPSA) is 111 Å². The zero-order chi connectivity index (χ0) is 26.8. The molecule has 0 radical (unpaired) electrons. The summed E-state index contributed by atoms with van der Waals surface area (Å²) in [5.74, 6) is 0.467. The van der Waals surface area contributed by atoms with Crippen molar-refractivity contribution in [3.63, 3.8) is 0 Å². The lowest BCUT2D eigenvalue weighted by atomic mass is 10.0. The van der Waals surface area contributed by atoms with Crippen LogP contribution in [0.2, 0.25) is 0 Å². The van der Waals surface area contributed by atoms with Crippen LogP contribution in [-0.2, 0) is 10.7 Å². The van der Waals surface area contributed by atoms with Gasteiger partial charge in [0.05, 0.1) is 18.5 Å². The van der Waals surface area contributed by atoms with Gasteiger partial charge in [-0.05, 0) is 67.9 Å². The minimum atomic E-state index is -0.305. The number of thiol groups is 1. The molecular formula is C28H33FN6OS. The fourth-order valence-electron chi connectivity index (χ4n) is 3.65. The van der Waals surface area contributed by atoms with Crippen molar-refractivity contribution in [1.82, 2.24) is 9.97 Å². The Balaban J connectivity index is 1.74. The Bertz CT molecular complexity index is 1290. The third-order valence-corrected chi connectivity index (χ3v) is 5.98. The largest absolute Gasteiger partial charge is 0.382 e. The number of nitrogens with zero attached hydrogens (tertiary/aromatic N) is 3. The van der Waals surface area contributed by atoms with Crippen LogP contribution in [0.4, 0.5) is 16.0 Å². The molecule has 0 aliphatic rings. The predicted molar refractivity (Wildman–Crippen MR) is 154 cm³/mol. The first kappa shape index (κ1) is 28.0. The fraction of sp³-hybridized carbons (Fsp3) is 0.250. The molecule has 0 aliphatic heterocycles. The summed E-state index contributed by atoms with van der Waals surface area (Å²) in [6, 6.07) is 13.0. The summed E-state index contributed by atoms with van der Waals surface area (Å²) in [4.78, 5) is 13.6. The molecule has 0 fully saturated rings. The van der Waals surface area contributed by atoms with Crippen LogP contribution >= 0.6 is 12.9 Å². The third kappa shape index (κ3) is 7.72. The number of nitrogens with two attached hydrogens (primary N) is 2. The van der Waals surface area contributed by atoms with Crippen molar-refractivity contribution in [3.8, 4) is 0 Å². The van der Waals surface area contributed by atoms with Gasteiger partial charge in [0.1, 0.15) is 17.3 Å². The summed E-state index contributed by atoms with van der Waals surface area (Å²) in [5, 5.41) is 3.31. The van der Waals surface area contributed by atoms with Crippen molar-refractivity contribution in [2.24, 2.45) is 10.7 Å². The maximum absolute atomic E-state index is 14.1. The molecule has 0 unspecified atom stereocenters. The molecule has 3 aromatic rings. The molecule has 0 saturated heterocycles. The van der Waals surface area contributed by atoms with Gasteiger partial charge in [-0.25, -0.2) is 14.4 Å². The highest BCUT2D eigenvalue weighted by atomic mass is 32.1. The first-order chi connectivity index (χ1) is 17.9. The number of nitrogens with one attached hydrogen (secondary N) is 1. The van der Waals surface area contributed by atoms with E-state index in [0.29, 0.717) is 47.9 Å². The molecule has 2 aromatic carbocycles. The molecule has 3 rings (SSSR count). The Morgan fingerprint density at radius 2 is 1.95 bits per heavy atom. The van der Waals surface area contributed by atoms with Crippen LogP contribution < -0.4 is 16.8 Å². The van der Waals surface area contributed by atoms with Gasteiger partial charge in [-0.15, -0.1) is 0 Å². The smallest absolute Gasteiger partial charge is 0.153 e. The summed E-state index contributed by atoms with van der Waals surface area (Å²) in [5.41, 5.74) is 17.7. The van der Waals surface area contributed by atoms with E-state index >= 15 is 0 Å². The van der Waals surface area contributed by atoms with E-state index in [1.165, 1.54) is 12.3 Å². The average molecular weight is 521 g/mol. The van der Waals surface area contributed by atoms with E-state index in [-0.39, 0.29) is 11.6 Å². The molecule has 0 bridgehead atoms. The van der Waals surface area contributed by atoms with Gasteiger partial charge in [0.15, 0.2) is 5.82 Å². The van der Waals surface area contributed by atoms with Crippen LogP contribution in [0.5, 0.6) is 0 Å². The number of nitrogen functional groups attached to an aromatic ring is 1. The lowest BCUT2D eigenvalue weighted by Crippen LogP contribution is -2.14. The van der Waals surface area contributed by atoms with Gasteiger partial charge >= 0.3 is 0 Å². The standard InChI is InChI=1S/C28H33FN6OS/c1-4-25(34-23(15-30)6-5-13-36-37)21-11-8-20(9-12-21)16-32-28-27(35-26(31)17-33-28)19(3)22-10-7-18(2)24(29)14-22/h4,7-12,14,17,37H,3,5-6,13,15-16,30H2,1-2H3,(H2,31,35)(H,32,33)/b25-4-,34-23?. The molecule has 0 saturated carbocycles. The Morgan fingerprint density at radius 3 is 2.59 bits per heavy atom. The Hall–Kier alpha value is -3.53. The maximum atomic E-state index is 14.1. The SMILES string of the molecule is C=C(c1ccc(C)c(F)c1)c1nc(N)cnc1NCc1ccc(/C(=C/C)N=C(CN)CCCOS)cc1. The van der Waals surface area contributed by atoms with Crippen molar-refractivity contribution in [2.75, 3.05) is 24.2 Å². The van der Waals surface area contributed by atoms with Gasteiger partial charge in [0, 0.05) is 24.4 Å². The molecule has 0 spiro atoms. The van der Waals surface area contributed by atoms with Gasteiger partial charge in [-0.3, -0.25) is 4.99 Å². The molecule has 0 amide bonds. The van der Waals surface area contributed by atoms with Crippen LogP contribution in [0.15, 0.2) is 66.3 Å². The Labute approximate surface area is 223 Å².